The molecular formula is C12H16N4O. The normalized spacial score (nSPS) is 10.3. The van der Waals surface area contributed by atoms with Gasteiger partial charge in [-0.3, -0.25) is 4.68 Å². The molecule has 0 aliphatic heterocycles. The van der Waals surface area contributed by atoms with Crippen LogP contribution in [0.2, 0.25) is 0 Å². The minimum absolute atomic E-state index is 0.594. The molecule has 0 aliphatic carbocycles. The van der Waals surface area contributed by atoms with E-state index in [1.54, 1.807) is 11.8 Å². The van der Waals surface area contributed by atoms with E-state index in [9.17, 15) is 0 Å². The molecule has 0 bridgehead atoms. The van der Waals surface area contributed by atoms with Gasteiger partial charge in [-0.05, 0) is 12.5 Å². The Hall–Kier alpha value is -2.04. The van der Waals surface area contributed by atoms with Gasteiger partial charge in [0.25, 0.3) is 0 Å². The van der Waals surface area contributed by atoms with Crippen molar-refractivity contribution < 1.29 is 4.74 Å². The molecule has 1 N–H and O–H groups in total. The van der Waals surface area contributed by atoms with Crippen molar-refractivity contribution in [3.8, 4) is 5.88 Å². The maximum absolute atomic E-state index is 5.08. The first-order valence-corrected chi connectivity index (χ1v) is 5.53. The molecule has 0 saturated heterocycles. The fourth-order valence-electron chi connectivity index (χ4n) is 1.64. The summed E-state index contributed by atoms with van der Waals surface area (Å²) in [6, 6.07) is 5.61. The monoisotopic (exact) mass is 232 g/mol. The predicted octanol–water partition coefficient (Wildman–Crippen LogP) is 2.13. The van der Waals surface area contributed by atoms with Gasteiger partial charge in [0.15, 0.2) is 0 Å². The summed E-state index contributed by atoms with van der Waals surface area (Å²) in [5.74, 6) is 1.35. The molecule has 2 aromatic heterocycles. The van der Waals surface area contributed by atoms with E-state index in [-0.39, 0.29) is 0 Å². The molecule has 0 aromatic carbocycles. The number of aryl methyl sites for hydroxylation is 2. The van der Waals surface area contributed by atoms with Gasteiger partial charge in [0.05, 0.1) is 18.5 Å². The van der Waals surface area contributed by atoms with Gasteiger partial charge in [-0.25, -0.2) is 0 Å². The lowest BCUT2D eigenvalue weighted by Gasteiger charge is -2.05. The summed E-state index contributed by atoms with van der Waals surface area (Å²) >= 11 is 0. The Labute approximate surface area is 100 Å². The maximum Gasteiger partial charge on any atom is 0.214 e. The van der Waals surface area contributed by atoms with Crippen LogP contribution in [0.3, 0.4) is 0 Å². The molecule has 2 aromatic rings. The van der Waals surface area contributed by atoms with Crippen molar-refractivity contribution in [1.29, 1.82) is 0 Å². The number of hydrogen-bond acceptors (Lipinski definition) is 4. The molecule has 0 fully saturated rings. The first-order valence-electron chi connectivity index (χ1n) is 5.53. The van der Waals surface area contributed by atoms with Gasteiger partial charge in [0.2, 0.25) is 5.88 Å². The number of pyridine rings is 1. The van der Waals surface area contributed by atoms with Crippen molar-refractivity contribution in [2.75, 3.05) is 12.4 Å². The molecule has 0 aliphatic rings. The molecule has 0 spiro atoms. The Balaban J connectivity index is 2.24. The van der Waals surface area contributed by atoms with Crippen molar-refractivity contribution in [2.24, 2.45) is 7.05 Å². The largest absolute Gasteiger partial charge is 0.481 e. The number of nitrogens with one attached hydrogen (secondary N) is 1. The number of nitrogens with zero attached hydrogens (tertiary/aromatic N) is 3. The van der Waals surface area contributed by atoms with Crippen LogP contribution in [0.15, 0.2) is 24.4 Å². The lowest BCUT2D eigenvalue weighted by molar-refractivity contribution is 0.398. The zero-order valence-electron chi connectivity index (χ0n) is 10.3. The van der Waals surface area contributed by atoms with Crippen LogP contribution in [-0.2, 0) is 13.5 Å². The summed E-state index contributed by atoms with van der Waals surface area (Å²) in [5, 5.41) is 7.61. The molecule has 0 atom stereocenters. The van der Waals surface area contributed by atoms with E-state index in [4.69, 9.17) is 4.74 Å². The van der Waals surface area contributed by atoms with Gasteiger partial charge >= 0.3 is 0 Å². The summed E-state index contributed by atoms with van der Waals surface area (Å²) in [7, 11) is 3.51. The molecule has 5 heteroatoms. The van der Waals surface area contributed by atoms with Gasteiger partial charge in [-0.1, -0.05) is 13.0 Å². The molecule has 17 heavy (non-hydrogen) atoms. The third kappa shape index (κ3) is 2.55. The summed E-state index contributed by atoms with van der Waals surface area (Å²) < 4.78 is 6.88. The Morgan fingerprint density at radius 2 is 2.24 bits per heavy atom. The zero-order valence-corrected chi connectivity index (χ0v) is 10.3. The molecule has 2 heterocycles. The third-order valence-corrected chi connectivity index (χ3v) is 2.44. The second-order valence-corrected chi connectivity index (χ2v) is 3.71. The number of rotatable bonds is 4. The van der Waals surface area contributed by atoms with E-state index >= 15 is 0 Å². The van der Waals surface area contributed by atoms with E-state index < -0.39 is 0 Å². The fourth-order valence-corrected chi connectivity index (χ4v) is 1.64. The van der Waals surface area contributed by atoms with Gasteiger partial charge in [-0.15, -0.1) is 0 Å². The summed E-state index contributed by atoms with van der Waals surface area (Å²) in [5.41, 5.74) is 2.01. The Kier molecular flexibility index (Phi) is 3.27. The Bertz CT molecular complexity index is 507. The first-order chi connectivity index (χ1) is 8.22. The highest BCUT2D eigenvalue weighted by Gasteiger charge is 2.06. The average molecular weight is 232 g/mol. The average Bonchev–Trinajstić information content (AvgIpc) is 2.69. The minimum atomic E-state index is 0.594. The fraction of sp³-hybridized carbons (Fsp3) is 0.333. The lowest BCUT2D eigenvalue weighted by atomic mass is 10.3. The van der Waals surface area contributed by atoms with Crippen LogP contribution >= 0.6 is 0 Å². The van der Waals surface area contributed by atoms with Crippen molar-refractivity contribution >= 4 is 11.5 Å². The van der Waals surface area contributed by atoms with Gasteiger partial charge in [0.1, 0.15) is 5.82 Å². The zero-order chi connectivity index (χ0) is 12.3. The first kappa shape index (κ1) is 11.4. The topological polar surface area (TPSA) is 52.0 Å². The Morgan fingerprint density at radius 1 is 1.41 bits per heavy atom. The van der Waals surface area contributed by atoms with Crippen molar-refractivity contribution in [3.05, 3.63) is 30.1 Å². The quantitative estimate of drug-likeness (QED) is 0.877. The van der Waals surface area contributed by atoms with Crippen LogP contribution in [0, 0.1) is 0 Å². The maximum atomic E-state index is 5.08. The molecule has 0 radical (unpaired) electrons. The van der Waals surface area contributed by atoms with Crippen LogP contribution in [0.25, 0.3) is 0 Å². The second-order valence-electron chi connectivity index (χ2n) is 3.71. The van der Waals surface area contributed by atoms with Gasteiger partial charge < -0.3 is 10.1 Å². The van der Waals surface area contributed by atoms with Crippen molar-refractivity contribution in [2.45, 2.75) is 13.3 Å². The van der Waals surface area contributed by atoms with Crippen LogP contribution < -0.4 is 10.1 Å². The smallest absolute Gasteiger partial charge is 0.214 e. The van der Waals surface area contributed by atoms with Gasteiger partial charge in [0, 0.05) is 19.3 Å². The third-order valence-electron chi connectivity index (χ3n) is 2.44. The highest BCUT2D eigenvalue weighted by molar-refractivity contribution is 5.58. The van der Waals surface area contributed by atoms with Gasteiger partial charge in [-0.2, -0.15) is 10.1 Å². The molecule has 0 unspecified atom stereocenters. The van der Waals surface area contributed by atoms with E-state index in [0.717, 1.165) is 23.6 Å². The molecule has 0 amide bonds. The SMILES string of the molecule is CCc1nn(C)cc1Nc1cccc(OC)n1. The van der Waals surface area contributed by atoms with E-state index in [1.165, 1.54) is 0 Å². The van der Waals surface area contributed by atoms with Crippen LogP contribution in [-0.4, -0.2) is 21.9 Å². The van der Waals surface area contributed by atoms with E-state index in [1.807, 2.05) is 31.4 Å². The van der Waals surface area contributed by atoms with Crippen LogP contribution in [0.5, 0.6) is 5.88 Å². The molecular weight excluding hydrogens is 216 g/mol. The summed E-state index contributed by atoms with van der Waals surface area (Å²) in [4.78, 5) is 4.30. The summed E-state index contributed by atoms with van der Waals surface area (Å²) in [6.07, 6.45) is 2.83. The highest BCUT2D eigenvalue weighted by Crippen LogP contribution is 2.20. The molecule has 0 saturated carbocycles. The minimum Gasteiger partial charge on any atom is -0.481 e. The lowest BCUT2D eigenvalue weighted by Crippen LogP contribution is -1.96. The van der Waals surface area contributed by atoms with E-state index in [0.29, 0.717) is 5.88 Å². The van der Waals surface area contributed by atoms with Crippen molar-refractivity contribution in [1.82, 2.24) is 14.8 Å². The van der Waals surface area contributed by atoms with Crippen LogP contribution in [0.4, 0.5) is 11.5 Å². The van der Waals surface area contributed by atoms with Crippen molar-refractivity contribution in [3.63, 3.8) is 0 Å². The molecule has 5 nitrogen and oxygen atoms in total. The number of anilines is 2. The number of aromatic nitrogens is 3. The second kappa shape index (κ2) is 4.86. The molecule has 90 valence electrons. The summed E-state index contributed by atoms with van der Waals surface area (Å²) in [6.45, 7) is 2.08. The van der Waals surface area contributed by atoms with Crippen LogP contribution in [0.1, 0.15) is 12.6 Å². The molecule has 2 rings (SSSR count). The van der Waals surface area contributed by atoms with E-state index in [2.05, 4.69) is 22.3 Å². The predicted molar refractivity (Wildman–Crippen MR) is 66.7 cm³/mol. The standard InChI is InChI=1S/C12H16N4O/c1-4-9-10(8-16(2)15-9)13-11-6-5-7-12(14-11)17-3/h5-8H,4H2,1-3H3,(H,13,14). The Morgan fingerprint density at radius 3 is 2.94 bits per heavy atom. The number of hydrogen-bond donors (Lipinski definition) is 1. The number of methoxy groups -OCH3 is 1. The number of ether oxygens (including phenoxy) is 1. The highest BCUT2D eigenvalue weighted by atomic mass is 16.5.